The number of alkyl halides is 1. The lowest BCUT2D eigenvalue weighted by Crippen LogP contribution is -2.60. The van der Waals surface area contributed by atoms with Crippen LogP contribution in [0.1, 0.15) is 40.2 Å². The normalized spacial score (nSPS) is 23.9. The van der Waals surface area contributed by atoms with E-state index in [4.69, 9.17) is 4.43 Å². The van der Waals surface area contributed by atoms with Crippen LogP contribution < -0.4 is 0 Å². The Kier molecular flexibility index (Phi) is 6.49. The molecule has 1 aromatic rings. The first-order valence-electron chi connectivity index (χ1n) is 9.19. The van der Waals surface area contributed by atoms with Gasteiger partial charge in [0.1, 0.15) is 5.83 Å². The molecule has 1 aliphatic carbocycles. The molecule has 3 nitrogen and oxygen atoms in total. The van der Waals surface area contributed by atoms with Crippen LogP contribution in [0.4, 0.5) is 17.6 Å². The fourth-order valence-corrected chi connectivity index (χ4v) is 4.39. The van der Waals surface area contributed by atoms with E-state index in [1.807, 2.05) is 20.8 Å². The highest BCUT2D eigenvalue weighted by atomic mass is 28.2. The number of methoxy groups -OCH3 is 1. The molecule has 1 aromatic carbocycles. The summed E-state index contributed by atoms with van der Waals surface area (Å²) in [7, 11) is -0.533. The van der Waals surface area contributed by atoms with E-state index >= 15 is 17.6 Å². The van der Waals surface area contributed by atoms with Crippen LogP contribution in [0.15, 0.2) is 47.8 Å². The predicted molar refractivity (Wildman–Crippen MR) is 106 cm³/mol. The largest absolute Gasteiger partial charge is 0.468 e. The van der Waals surface area contributed by atoms with E-state index < -0.39 is 56.0 Å². The highest BCUT2D eigenvalue weighted by molar-refractivity contribution is 6.32. The van der Waals surface area contributed by atoms with Crippen LogP contribution in [0, 0.1) is 5.41 Å². The van der Waals surface area contributed by atoms with E-state index in [9.17, 15) is 4.79 Å². The van der Waals surface area contributed by atoms with Crippen LogP contribution in [0.25, 0.3) is 5.57 Å². The zero-order valence-corrected chi connectivity index (χ0v) is 18.8. The second-order valence-corrected chi connectivity index (χ2v) is 11.4. The molecule has 29 heavy (non-hydrogen) atoms. The van der Waals surface area contributed by atoms with Gasteiger partial charge in [-0.25, -0.2) is 17.6 Å². The Morgan fingerprint density at radius 2 is 1.62 bits per heavy atom. The molecule has 0 spiro atoms. The smallest absolute Gasteiger partial charge is 0.325 e. The average molecular weight is 431 g/mol. The molecule has 160 valence electrons. The van der Waals surface area contributed by atoms with Crippen LogP contribution in [-0.4, -0.2) is 34.6 Å². The highest BCUT2D eigenvalue weighted by Crippen LogP contribution is 2.56. The third-order valence-corrected chi connectivity index (χ3v) is 6.72. The second-order valence-electron chi connectivity index (χ2n) is 8.74. The average Bonchev–Trinajstić information content (AvgIpc) is 2.65. The van der Waals surface area contributed by atoms with Crippen molar-refractivity contribution in [2.24, 2.45) is 5.41 Å². The lowest BCUT2D eigenvalue weighted by molar-refractivity contribution is -0.171. The quantitative estimate of drug-likeness (QED) is 0.369. The zero-order valence-electron chi connectivity index (χ0n) is 17.4. The van der Waals surface area contributed by atoms with Crippen LogP contribution in [-0.2, 0) is 14.0 Å². The number of allylic oxidation sites excluding steroid dienone is 3. The number of hydrogen-bond acceptors (Lipinski definition) is 3. The minimum atomic E-state index is -2.94. The maximum atomic E-state index is 15.6. The van der Waals surface area contributed by atoms with Crippen molar-refractivity contribution in [3.8, 4) is 0 Å². The van der Waals surface area contributed by atoms with Gasteiger partial charge in [-0.15, -0.1) is 0 Å². The fraction of sp³-hybridized carbons (Fsp3) is 0.476. The highest BCUT2D eigenvalue weighted by Gasteiger charge is 2.67. The number of halogens is 4. The Hall–Kier alpha value is -1.93. The molecule has 0 aromatic heterocycles. The standard InChI is InChI=1S/C21H26F4O3Si/c1-19(2,3)29-28-20(4,5)21(18(26)27-6)16(24)14(22)13(15(23)17(21)25)12-10-8-7-9-11-12/h7-11,16H,29H2,1-6H3. The number of carbonyl (C=O) groups is 1. The van der Waals surface area contributed by atoms with E-state index in [2.05, 4.69) is 4.74 Å². The Labute approximate surface area is 170 Å². The van der Waals surface area contributed by atoms with Gasteiger partial charge < -0.3 is 9.16 Å². The van der Waals surface area contributed by atoms with Gasteiger partial charge in [-0.05, 0) is 24.4 Å². The summed E-state index contributed by atoms with van der Waals surface area (Å²) in [6, 6.07) is 7.22. The van der Waals surface area contributed by atoms with Gasteiger partial charge in [0.05, 0.1) is 18.3 Å². The molecule has 0 bridgehead atoms. The molecule has 0 amide bonds. The van der Waals surface area contributed by atoms with Crippen molar-refractivity contribution in [1.82, 2.24) is 0 Å². The van der Waals surface area contributed by atoms with Crippen molar-refractivity contribution in [2.45, 2.75) is 51.4 Å². The molecule has 0 fully saturated rings. The summed E-state index contributed by atoms with van der Waals surface area (Å²) >= 11 is 0. The predicted octanol–water partition coefficient (Wildman–Crippen LogP) is 5.13. The van der Waals surface area contributed by atoms with Gasteiger partial charge in [-0.2, -0.15) is 0 Å². The van der Waals surface area contributed by atoms with Gasteiger partial charge in [0.15, 0.2) is 33.0 Å². The van der Waals surface area contributed by atoms with Crippen LogP contribution >= 0.6 is 0 Å². The van der Waals surface area contributed by atoms with Crippen molar-refractivity contribution in [3.05, 3.63) is 53.4 Å². The molecule has 0 radical (unpaired) electrons. The summed E-state index contributed by atoms with van der Waals surface area (Å²) in [5.74, 6) is -6.38. The second kappa shape index (κ2) is 8.06. The van der Waals surface area contributed by atoms with Crippen molar-refractivity contribution in [2.75, 3.05) is 7.11 Å². The maximum absolute atomic E-state index is 15.6. The zero-order chi connectivity index (χ0) is 22.2. The van der Waals surface area contributed by atoms with Gasteiger partial charge in [0.25, 0.3) is 0 Å². The lowest BCUT2D eigenvalue weighted by atomic mass is 9.65. The first-order chi connectivity index (χ1) is 13.3. The summed E-state index contributed by atoms with van der Waals surface area (Å²) in [5, 5.41) is -0.294. The maximum Gasteiger partial charge on any atom is 0.325 e. The Morgan fingerprint density at radius 1 is 1.07 bits per heavy atom. The Balaban J connectivity index is 2.72. The number of ether oxygens (including phenoxy) is 1. The van der Waals surface area contributed by atoms with Crippen molar-refractivity contribution >= 4 is 21.3 Å². The van der Waals surface area contributed by atoms with Crippen molar-refractivity contribution in [1.29, 1.82) is 0 Å². The summed E-state index contributed by atoms with van der Waals surface area (Å²) in [4.78, 5) is 12.7. The Bertz CT molecular complexity index is 843. The first-order valence-corrected chi connectivity index (χ1v) is 10.5. The monoisotopic (exact) mass is 430 g/mol. The molecule has 2 atom stereocenters. The molecule has 0 aliphatic heterocycles. The van der Waals surface area contributed by atoms with Gasteiger partial charge in [-0.3, -0.25) is 4.79 Å². The molecule has 0 heterocycles. The van der Waals surface area contributed by atoms with E-state index in [1.54, 1.807) is 6.07 Å². The molecule has 2 unspecified atom stereocenters. The molecular weight excluding hydrogens is 404 g/mol. The number of esters is 1. The number of hydrogen-bond donors (Lipinski definition) is 0. The topological polar surface area (TPSA) is 35.5 Å². The first kappa shape index (κ1) is 23.3. The van der Waals surface area contributed by atoms with E-state index in [0.29, 0.717) is 0 Å². The molecule has 8 heteroatoms. The van der Waals surface area contributed by atoms with E-state index in [1.165, 1.54) is 38.1 Å². The summed E-state index contributed by atoms with van der Waals surface area (Å²) < 4.78 is 71.8. The van der Waals surface area contributed by atoms with Gasteiger partial charge in [-0.1, -0.05) is 51.1 Å². The minimum Gasteiger partial charge on any atom is -0.468 e. The van der Waals surface area contributed by atoms with E-state index in [-0.39, 0.29) is 10.6 Å². The van der Waals surface area contributed by atoms with Crippen LogP contribution in [0.2, 0.25) is 5.04 Å². The minimum absolute atomic E-state index is 0.0402. The number of rotatable bonds is 5. The Morgan fingerprint density at radius 3 is 2.10 bits per heavy atom. The van der Waals surface area contributed by atoms with E-state index in [0.717, 1.165) is 7.11 Å². The number of carbonyl (C=O) groups excluding carboxylic acids is 1. The molecular formula is C21H26F4O3Si. The molecule has 0 saturated heterocycles. The number of benzene rings is 1. The van der Waals surface area contributed by atoms with Gasteiger partial charge in [0.2, 0.25) is 0 Å². The molecule has 1 aliphatic rings. The van der Waals surface area contributed by atoms with Crippen LogP contribution in [0.3, 0.4) is 0 Å². The van der Waals surface area contributed by atoms with Crippen LogP contribution in [0.5, 0.6) is 0 Å². The van der Waals surface area contributed by atoms with Gasteiger partial charge >= 0.3 is 5.97 Å². The fourth-order valence-electron chi connectivity index (χ4n) is 3.37. The summed E-state index contributed by atoms with van der Waals surface area (Å²) in [5.41, 5.74) is -5.73. The SMILES string of the molecule is COC(=O)C1(C(C)(C)O[SiH2]C(C)(C)C)C(F)=C(F)C(c2ccccc2)=C(F)C1F. The summed E-state index contributed by atoms with van der Waals surface area (Å²) in [6.07, 6.45) is -2.83. The van der Waals surface area contributed by atoms with Gasteiger partial charge in [0, 0.05) is 0 Å². The third-order valence-electron chi connectivity index (χ3n) is 4.99. The van der Waals surface area contributed by atoms with Crippen molar-refractivity contribution < 1.29 is 31.5 Å². The van der Waals surface area contributed by atoms with Crippen molar-refractivity contribution in [3.63, 3.8) is 0 Å². The molecule has 0 saturated carbocycles. The molecule has 2 rings (SSSR count). The molecule has 0 N–H and O–H groups in total. The third kappa shape index (κ3) is 3.92. The summed E-state index contributed by atoms with van der Waals surface area (Å²) in [6.45, 7) is 8.11. The lowest BCUT2D eigenvalue weighted by Gasteiger charge is -2.47.